The zero-order chi connectivity index (χ0) is 11.3. The Morgan fingerprint density at radius 3 is 2.60 bits per heavy atom. The minimum atomic E-state index is -3.24. The Hall–Kier alpha value is -1.07. The van der Waals surface area contributed by atoms with Crippen molar-refractivity contribution in [2.75, 3.05) is 12.8 Å². The Morgan fingerprint density at radius 1 is 1.33 bits per heavy atom. The quantitative estimate of drug-likeness (QED) is 0.612. The highest BCUT2D eigenvalue weighted by atomic mass is 32.2. The van der Waals surface area contributed by atoms with E-state index in [-0.39, 0.29) is 4.90 Å². The van der Waals surface area contributed by atoms with Crippen LogP contribution in [0.25, 0.3) is 0 Å². The molecule has 1 aromatic rings. The van der Waals surface area contributed by atoms with Gasteiger partial charge in [0, 0.05) is 12.8 Å². The van der Waals surface area contributed by atoms with Gasteiger partial charge in [-0.3, -0.25) is 0 Å². The molecular formula is C10H15NO3S. The van der Waals surface area contributed by atoms with Crippen LogP contribution in [0, 0.1) is 0 Å². The smallest absolute Gasteiger partial charge is 0.179 e. The normalized spacial score (nSPS) is 11.3. The lowest BCUT2D eigenvalue weighted by atomic mass is 10.3. The summed E-state index contributed by atoms with van der Waals surface area (Å²) in [5, 5.41) is 0. The molecule has 1 rings (SSSR count). The lowest BCUT2D eigenvalue weighted by Crippen LogP contribution is -2.20. The van der Waals surface area contributed by atoms with Crippen molar-refractivity contribution in [2.45, 2.75) is 18.2 Å². The molecular weight excluding hydrogens is 214 g/mol. The number of rotatable bonds is 5. The molecule has 4 nitrogen and oxygen atoms in total. The Labute approximate surface area is 90.1 Å². The van der Waals surface area contributed by atoms with Crippen molar-refractivity contribution in [2.24, 2.45) is 0 Å². The number of hydrogen-bond acceptors (Lipinski definition) is 4. The van der Waals surface area contributed by atoms with E-state index in [0.29, 0.717) is 12.3 Å². The van der Waals surface area contributed by atoms with Crippen LogP contribution in [0.1, 0.15) is 13.3 Å². The van der Waals surface area contributed by atoms with Crippen LogP contribution in [0.15, 0.2) is 29.2 Å². The largest absolute Gasteiger partial charge is 0.407 e. The van der Waals surface area contributed by atoms with Gasteiger partial charge in [0.15, 0.2) is 15.6 Å². The van der Waals surface area contributed by atoms with Gasteiger partial charge >= 0.3 is 0 Å². The van der Waals surface area contributed by atoms with Crippen LogP contribution in [0.3, 0.4) is 0 Å². The molecule has 0 bridgehead atoms. The molecule has 0 atom stereocenters. The van der Waals surface area contributed by atoms with Crippen LogP contribution in [0.2, 0.25) is 0 Å². The molecule has 0 aliphatic heterocycles. The van der Waals surface area contributed by atoms with Crippen molar-refractivity contribution in [3.05, 3.63) is 24.3 Å². The van der Waals surface area contributed by atoms with Crippen molar-refractivity contribution >= 4 is 9.84 Å². The van der Waals surface area contributed by atoms with Crippen molar-refractivity contribution in [3.8, 4) is 5.75 Å². The molecule has 0 aliphatic rings. The molecule has 0 saturated carbocycles. The molecule has 0 aliphatic carbocycles. The first kappa shape index (κ1) is 12.0. The van der Waals surface area contributed by atoms with Gasteiger partial charge in [-0.1, -0.05) is 19.1 Å². The maximum atomic E-state index is 11.4. The maximum absolute atomic E-state index is 11.4. The fourth-order valence-corrected chi connectivity index (χ4v) is 1.87. The number of hydroxylamine groups is 1. The van der Waals surface area contributed by atoms with Crippen LogP contribution >= 0.6 is 0 Å². The van der Waals surface area contributed by atoms with Gasteiger partial charge in [0.1, 0.15) is 4.90 Å². The minimum Gasteiger partial charge on any atom is -0.407 e. The zero-order valence-electron chi connectivity index (χ0n) is 8.86. The molecule has 0 unspecified atom stereocenters. The second-order valence-electron chi connectivity index (χ2n) is 3.22. The van der Waals surface area contributed by atoms with Crippen molar-refractivity contribution in [1.29, 1.82) is 0 Å². The Balaban J connectivity index is 2.88. The van der Waals surface area contributed by atoms with E-state index in [0.717, 1.165) is 12.7 Å². The van der Waals surface area contributed by atoms with Crippen LogP contribution < -0.4 is 10.3 Å². The van der Waals surface area contributed by atoms with E-state index in [2.05, 4.69) is 5.48 Å². The molecule has 0 heterocycles. The molecule has 0 fully saturated rings. The number of benzene rings is 1. The van der Waals surface area contributed by atoms with E-state index >= 15 is 0 Å². The molecule has 15 heavy (non-hydrogen) atoms. The molecule has 0 saturated heterocycles. The first-order valence-electron chi connectivity index (χ1n) is 4.74. The monoisotopic (exact) mass is 229 g/mol. The average molecular weight is 229 g/mol. The topological polar surface area (TPSA) is 55.4 Å². The molecule has 0 radical (unpaired) electrons. The van der Waals surface area contributed by atoms with Crippen molar-refractivity contribution in [3.63, 3.8) is 0 Å². The fourth-order valence-electron chi connectivity index (χ4n) is 1.07. The molecule has 0 aromatic heterocycles. The van der Waals surface area contributed by atoms with Gasteiger partial charge in [-0.25, -0.2) is 8.42 Å². The van der Waals surface area contributed by atoms with Crippen LogP contribution in [0.4, 0.5) is 0 Å². The maximum Gasteiger partial charge on any atom is 0.179 e. The summed E-state index contributed by atoms with van der Waals surface area (Å²) in [5.41, 5.74) is 2.70. The first-order chi connectivity index (χ1) is 7.05. The summed E-state index contributed by atoms with van der Waals surface area (Å²) in [6.07, 6.45) is 2.08. The summed E-state index contributed by atoms with van der Waals surface area (Å²) >= 11 is 0. The highest BCUT2D eigenvalue weighted by Gasteiger charge is 2.13. The molecule has 84 valence electrons. The summed E-state index contributed by atoms with van der Waals surface area (Å²) in [7, 11) is -3.24. The first-order valence-corrected chi connectivity index (χ1v) is 6.63. The van der Waals surface area contributed by atoms with Crippen LogP contribution in [0.5, 0.6) is 5.75 Å². The van der Waals surface area contributed by atoms with Crippen LogP contribution in [-0.2, 0) is 9.84 Å². The summed E-state index contributed by atoms with van der Waals surface area (Å²) in [6.45, 7) is 2.68. The van der Waals surface area contributed by atoms with Gasteiger partial charge in [-0.15, -0.1) is 0 Å². The van der Waals surface area contributed by atoms with Crippen molar-refractivity contribution in [1.82, 2.24) is 5.48 Å². The molecule has 0 amide bonds. The Morgan fingerprint density at radius 2 is 2.00 bits per heavy atom. The number of para-hydroxylation sites is 1. The van der Waals surface area contributed by atoms with E-state index < -0.39 is 9.84 Å². The third kappa shape index (κ3) is 3.53. The van der Waals surface area contributed by atoms with E-state index in [1.165, 1.54) is 6.07 Å². The van der Waals surface area contributed by atoms with E-state index in [4.69, 9.17) is 4.84 Å². The zero-order valence-corrected chi connectivity index (χ0v) is 9.67. The summed E-state index contributed by atoms with van der Waals surface area (Å²) in [4.78, 5) is 5.38. The predicted molar refractivity (Wildman–Crippen MR) is 58.5 cm³/mol. The predicted octanol–water partition coefficient (Wildman–Crippen LogP) is 1.38. The van der Waals surface area contributed by atoms with Crippen LogP contribution in [-0.4, -0.2) is 21.2 Å². The Kier molecular flexibility index (Phi) is 4.11. The molecule has 1 N–H and O–H groups in total. The van der Waals surface area contributed by atoms with Gasteiger partial charge in [-0.2, -0.15) is 5.48 Å². The Bertz CT molecular complexity index is 414. The van der Waals surface area contributed by atoms with Gasteiger partial charge in [0.2, 0.25) is 0 Å². The third-order valence-corrected chi connectivity index (χ3v) is 2.92. The second kappa shape index (κ2) is 5.14. The summed E-state index contributed by atoms with van der Waals surface area (Å²) in [6, 6.07) is 6.55. The number of sulfone groups is 1. The minimum absolute atomic E-state index is 0.202. The van der Waals surface area contributed by atoms with Gasteiger partial charge in [-0.05, 0) is 18.6 Å². The number of nitrogens with one attached hydrogen (secondary N) is 1. The SMILES string of the molecule is CCCNOc1ccccc1S(C)(=O)=O. The highest BCUT2D eigenvalue weighted by Crippen LogP contribution is 2.22. The average Bonchev–Trinajstić information content (AvgIpc) is 2.17. The van der Waals surface area contributed by atoms with E-state index in [9.17, 15) is 8.42 Å². The van der Waals surface area contributed by atoms with Gasteiger partial charge in [0.25, 0.3) is 0 Å². The summed E-state index contributed by atoms with van der Waals surface area (Å²) in [5.74, 6) is 0.341. The second-order valence-corrected chi connectivity index (χ2v) is 5.20. The molecule has 1 aromatic carbocycles. The third-order valence-electron chi connectivity index (χ3n) is 1.78. The lowest BCUT2D eigenvalue weighted by molar-refractivity contribution is 0.190. The van der Waals surface area contributed by atoms with E-state index in [1.54, 1.807) is 18.2 Å². The van der Waals surface area contributed by atoms with E-state index in [1.807, 2.05) is 6.92 Å². The van der Waals surface area contributed by atoms with Gasteiger partial charge in [0.05, 0.1) is 0 Å². The fraction of sp³-hybridized carbons (Fsp3) is 0.400. The standard InChI is InChI=1S/C10H15NO3S/c1-3-8-11-14-9-6-4-5-7-10(9)15(2,12)13/h4-7,11H,3,8H2,1-2H3. The van der Waals surface area contributed by atoms with Gasteiger partial charge < -0.3 is 4.84 Å². The van der Waals surface area contributed by atoms with Crippen molar-refractivity contribution < 1.29 is 13.3 Å². The highest BCUT2D eigenvalue weighted by molar-refractivity contribution is 7.90. The lowest BCUT2D eigenvalue weighted by Gasteiger charge is -2.09. The number of hydrogen-bond donors (Lipinski definition) is 1. The molecule has 0 spiro atoms. The summed E-state index contributed by atoms with van der Waals surface area (Å²) < 4.78 is 22.8. The molecule has 5 heteroatoms.